The Kier molecular flexibility index (Phi) is 4.57. The zero-order valence-electron chi connectivity index (χ0n) is 13.5. The van der Waals surface area contributed by atoms with E-state index in [-0.39, 0.29) is 24.2 Å². The number of benzene rings is 1. The van der Waals surface area contributed by atoms with Gasteiger partial charge in [0.25, 0.3) is 0 Å². The monoisotopic (exact) mass is 347 g/mol. The van der Waals surface area contributed by atoms with E-state index in [0.717, 1.165) is 5.69 Å². The second kappa shape index (κ2) is 6.65. The predicted molar refractivity (Wildman–Crippen MR) is 89.6 cm³/mol. The summed E-state index contributed by atoms with van der Waals surface area (Å²) in [6, 6.07) is 8.88. The number of halogens is 1. The maximum atomic E-state index is 12.6. The van der Waals surface area contributed by atoms with Crippen LogP contribution in [-0.2, 0) is 16.1 Å². The van der Waals surface area contributed by atoms with Gasteiger partial charge in [0, 0.05) is 36.8 Å². The average Bonchev–Trinajstić information content (AvgIpc) is 3.12. The summed E-state index contributed by atoms with van der Waals surface area (Å²) in [7, 11) is 1.71. The molecule has 0 radical (unpaired) electrons. The van der Waals surface area contributed by atoms with Crippen LogP contribution < -0.4 is 4.90 Å². The van der Waals surface area contributed by atoms with E-state index < -0.39 is 0 Å². The highest BCUT2D eigenvalue weighted by Gasteiger charge is 2.36. The van der Waals surface area contributed by atoms with Crippen molar-refractivity contribution in [2.45, 2.75) is 19.9 Å². The lowest BCUT2D eigenvalue weighted by molar-refractivity contribution is -0.135. The van der Waals surface area contributed by atoms with Crippen molar-refractivity contribution in [1.29, 1.82) is 0 Å². The number of hydrogen-bond donors (Lipinski definition) is 0. The number of hydrogen-bond acceptors (Lipinski definition) is 4. The van der Waals surface area contributed by atoms with Crippen molar-refractivity contribution in [1.82, 2.24) is 10.1 Å². The number of aryl methyl sites for hydroxylation is 1. The summed E-state index contributed by atoms with van der Waals surface area (Å²) in [6.07, 6.45) is 0.202. The summed E-state index contributed by atoms with van der Waals surface area (Å²) in [6.45, 7) is 2.52. The molecule has 1 aliphatic heterocycles. The number of anilines is 1. The van der Waals surface area contributed by atoms with Gasteiger partial charge in [0.1, 0.15) is 11.5 Å². The average molecular weight is 348 g/mol. The Balaban J connectivity index is 1.67. The van der Waals surface area contributed by atoms with Crippen molar-refractivity contribution in [3.8, 4) is 0 Å². The Bertz CT molecular complexity index is 774. The second-order valence-corrected chi connectivity index (χ2v) is 6.44. The summed E-state index contributed by atoms with van der Waals surface area (Å²) in [5.41, 5.74) is 1.41. The molecule has 1 atom stereocenters. The summed E-state index contributed by atoms with van der Waals surface area (Å²) in [5.74, 6) is 0.193. The standard InChI is InChI=1S/C17H18ClN3O3/c1-11-6-14(19-24-11)10-20(2)17(23)12-7-16(22)21(9-12)15-5-3-4-13(18)8-15/h3-6,8,12H,7,9-10H2,1-2H3. The van der Waals surface area contributed by atoms with Crippen molar-refractivity contribution >= 4 is 29.1 Å². The Morgan fingerprint density at radius 3 is 2.92 bits per heavy atom. The number of nitrogens with zero attached hydrogens (tertiary/aromatic N) is 3. The first kappa shape index (κ1) is 16.5. The molecule has 0 bridgehead atoms. The van der Waals surface area contributed by atoms with Crippen molar-refractivity contribution in [3.05, 3.63) is 46.8 Å². The smallest absolute Gasteiger partial charge is 0.228 e. The molecule has 2 heterocycles. The first-order chi connectivity index (χ1) is 11.4. The molecule has 0 aliphatic carbocycles. The lowest BCUT2D eigenvalue weighted by atomic mass is 10.1. The molecule has 24 heavy (non-hydrogen) atoms. The third-order valence-corrected chi connectivity index (χ3v) is 4.28. The normalized spacial score (nSPS) is 17.4. The van der Waals surface area contributed by atoms with Crippen LogP contribution in [0.1, 0.15) is 17.9 Å². The van der Waals surface area contributed by atoms with Gasteiger partial charge in [-0.1, -0.05) is 22.8 Å². The van der Waals surface area contributed by atoms with Gasteiger partial charge in [0.15, 0.2) is 0 Å². The van der Waals surface area contributed by atoms with Crippen LogP contribution in [0.4, 0.5) is 5.69 Å². The number of aromatic nitrogens is 1. The van der Waals surface area contributed by atoms with Crippen LogP contribution in [0.15, 0.2) is 34.9 Å². The van der Waals surface area contributed by atoms with Crippen molar-refractivity contribution in [3.63, 3.8) is 0 Å². The molecule has 2 amide bonds. The topological polar surface area (TPSA) is 66.7 Å². The second-order valence-electron chi connectivity index (χ2n) is 6.01. The maximum Gasteiger partial charge on any atom is 0.228 e. The fraction of sp³-hybridized carbons (Fsp3) is 0.353. The van der Waals surface area contributed by atoms with E-state index >= 15 is 0 Å². The molecule has 3 rings (SSSR count). The molecule has 1 fully saturated rings. The Labute approximate surface area is 145 Å². The van der Waals surface area contributed by atoms with Crippen molar-refractivity contribution < 1.29 is 14.1 Å². The summed E-state index contributed by atoms with van der Waals surface area (Å²) < 4.78 is 5.01. The number of carbonyl (C=O) groups excluding carboxylic acids is 2. The van der Waals surface area contributed by atoms with Crippen molar-refractivity contribution in [2.75, 3.05) is 18.5 Å². The van der Waals surface area contributed by atoms with Gasteiger partial charge in [-0.3, -0.25) is 9.59 Å². The third-order valence-electron chi connectivity index (χ3n) is 4.05. The minimum Gasteiger partial charge on any atom is -0.361 e. The van der Waals surface area contributed by atoms with Crippen LogP contribution in [-0.4, -0.2) is 35.5 Å². The predicted octanol–water partition coefficient (Wildman–Crippen LogP) is 2.65. The van der Waals surface area contributed by atoms with Crippen LogP contribution >= 0.6 is 11.6 Å². The van der Waals surface area contributed by atoms with Gasteiger partial charge in [0.05, 0.1) is 12.5 Å². The van der Waals surface area contributed by atoms with Gasteiger partial charge in [0.2, 0.25) is 11.8 Å². The Hall–Kier alpha value is -2.34. The van der Waals surface area contributed by atoms with E-state index in [1.165, 1.54) is 0 Å². The molecule has 126 valence electrons. The highest BCUT2D eigenvalue weighted by molar-refractivity contribution is 6.30. The molecule has 1 saturated heterocycles. The molecule has 6 nitrogen and oxygen atoms in total. The van der Waals surface area contributed by atoms with Gasteiger partial charge in [-0.2, -0.15) is 0 Å². The minimum absolute atomic E-state index is 0.0682. The molecule has 0 saturated carbocycles. The first-order valence-electron chi connectivity index (χ1n) is 7.67. The molecular formula is C17H18ClN3O3. The van der Waals surface area contributed by atoms with Crippen LogP contribution in [0.3, 0.4) is 0 Å². The van der Waals surface area contributed by atoms with E-state index in [2.05, 4.69) is 5.16 Å². The molecule has 0 spiro atoms. The van der Waals surface area contributed by atoms with Gasteiger partial charge in [-0.25, -0.2) is 0 Å². The number of amides is 2. The van der Waals surface area contributed by atoms with E-state index in [0.29, 0.717) is 29.6 Å². The lowest BCUT2D eigenvalue weighted by Crippen LogP contribution is -2.34. The van der Waals surface area contributed by atoms with Crippen LogP contribution in [0.2, 0.25) is 5.02 Å². The summed E-state index contributed by atoms with van der Waals surface area (Å²) >= 11 is 5.98. The molecule has 7 heteroatoms. The number of rotatable bonds is 4. The third kappa shape index (κ3) is 3.43. The van der Waals surface area contributed by atoms with Gasteiger partial charge < -0.3 is 14.3 Å². The van der Waals surface area contributed by atoms with E-state index in [4.69, 9.17) is 16.1 Å². The van der Waals surface area contributed by atoms with Gasteiger partial charge in [-0.15, -0.1) is 0 Å². The van der Waals surface area contributed by atoms with Gasteiger partial charge >= 0.3 is 0 Å². The van der Waals surface area contributed by atoms with Crippen LogP contribution in [0, 0.1) is 12.8 Å². The highest BCUT2D eigenvalue weighted by Crippen LogP contribution is 2.28. The van der Waals surface area contributed by atoms with E-state index in [1.807, 2.05) is 6.07 Å². The number of carbonyl (C=O) groups is 2. The zero-order valence-corrected chi connectivity index (χ0v) is 14.3. The van der Waals surface area contributed by atoms with Gasteiger partial charge in [-0.05, 0) is 25.1 Å². The highest BCUT2D eigenvalue weighted by atomic mass is 35.5. The molecule has 1 unspecified atom stereocenters. The summed E-state index contributed by atoms with van der Waals surface area (Å²) in [5, 5.41) is 4.45. The fourth-order valence-electron chi connectivity index (χ4n) is 2.89. The summed E-state index contributed by atoms with van der Waals surface area (Å²) in [4.78, 5) is 28.1. The van der Waals surface area contributed by atoms with E-state index in [9.17, 15) is 9.59 Å². The molecule has 0 N–H and O–H groups in total. The van der Waals surface area contributed by atoms with E-state index in [1.54, 1.807) is 48.0 Å². The lowest BCUT2D eigenvalue weighted by Gasteiger charge is -2.20. The SMILES string of the molecule is Cc1cc(CN(C)C(=O)C2CC(=O)N(c3cccc(Cl)c3)C2)no1. The molecular weight excluding hydrogens is 330 g/mol. The molecule has 1 aromatic carbocycles. The Morgan fingerprint density at radius 2 is 2.25 bits per heavy atom. The largest absolute Gasteiger partial charge is 0.361 e. The molecule has 1 aliphatic rings. The first-order valence-corrected chi connectivity index (χ1v) is 8.05. The maximum absolute atomic E-state index is 12.6. The van der Waals surface area contributed by atoms with Crippen LogP contribution in [0.25, 0.3) is 0 Å². The molecule has 1 aromatic heterocycles. The molecule has 2 aromatic rings. The zero-order chi connectivity index (χ0) is 17.3. The Morgan fingerprint density at radius 1 is 1.46 bits per heavy atom. The quantitative estimate of drug-likeness (QED) is 0.852. The van der Waals surface area contributed by atoms with Crippen LogP contribution in [0.5, 0.6) is 0 Å². The van der Waals surface area contributed by atoms with Crippen molar-refractivity contribution in [2.24, 2.45) is 5.92 Å². The minimum atomic E-state index is -0.366. The fourth-order valence-corrected chi connectivity index (χ4v) is 3.08.